The summed E-state index contributed by atoms with van der Waals surface area (Å²) in [5.74, 6) is 1.01. The van der Waals surface area contributed by atoms with Gasteiger partial charge in [0, 0.05) is 37.8 Å². The molecule has 2 amide bonds. The molecule has 5 nitrogen and oxygen atoms in total. The van der Waals surface area contributed by atoms with Crippen LogP contribution in [0.3, 0.4) is 0 Å². The first kappa shape index (κ1) is 21.1. The molecule has 3 fully saturated rings. The lowest BCUT2D eigenvalue weighted by Gasteiger charge is -2.25. The van der Waals surface area contributed by atoms with E-state index < -0.39 is 0 Å². The van der Waals surface area contributed by atoms with Gasteiger partial charge in [-0.15, -0.1) is 12.4 Å². The van der Waals surface area contributed by atoms with E-state index >= 15 is 0 Å². The number of halogens is 1. The monoisotopic (exact) mass is 405 g/mol. The zero-order valence-electron chi connectivity index (χ0n) is 16.7. The molecular weight excluding hydrogens is 374 g/mol. The summed E-state index contributed by atoms with van der Waals surface area (Å²) in [5, 5.41) is 3.60. The molecule has 4 rings (SSSR count). The number of carbonyl (C=O) groups excluding carboxylic acids is 2. The van der Waals surface area contributed by atoms with Crippen molar-refractivity contribution in [2.45, 2.75) is 57.5 Å². The third-order valence-electron chi connectivity index (χ3n) is 6.52. The van der Waals surface area contributed by atoms with Crippen molar-refractivity contribution in [3.63, 3.8) is 0 Å². The van der Waals surface area contributed by atoms with Crippen LogP contribution in [-0.2, 0) is 4.79 Å². The Balaban J connectivity index is 0.00000225. The normalized spacial score (nSPS) is 27.5. The largest absolute Gasteiger partial charge is 0.340 e. The van der Waals surface area contributed by atoms with E-state index in [0.29, 0.717) is 25.0 Å². The van der Waals surface area contributed by atoms with Gasteiger partial charge in [0.2, 0.25) is 5.91 Å². The van der Waals surface area contributed by atoms with Gasteiger partial charge in [-0.3, -0.25) is 9.59 Å². The fourth-order valence-electron chi connectivity index (χ4n) is 5.03. The smallest absolute Gasteiger partial charge is 0.253 e. The molecule has 3 atom stereocenters. The van der Waals surface area contributed by atoms with Crippen LogP contribution in [0.5, 0.6) is 0 Å². The predicted molar refractivity (Wildman–Crippen MR) is 113 cm³/mol. The average Bonchev–Trinajstić information content (AvgIpc) is 2.96. The van der Waals surface area contributed by atoms with Crippen LogP contribution in [0.15, 0.2) is 24.3 Å². The van der Waals surface area contributed by atoms with Gasteiger partial charge >= 0.3 is 0 Å². The molecular formula is C22H32ClN3O2. The van der Waals surface area contributed by atoms with Gasteiger partial charge in [0.05, 0.1) is 6.04 Å². The fourth-order valence-corrected chi connectivity index (χ4v) is 5.03. The first-order valence-corrected chi connectivity index (χ1v) is 10.5. The van der Waals surface area contributed by atoms with Crippen molar-refractivity contribution in [2.75, 3.05) is 26.2 Å². The van der Waals surface area contributed by atoms with Crippen molar-refractivity contribution < 1.29 is 9.59 Å². The van der Waals surface area contributed by atoms with E-state index in [0.717, 1.165) is 37.1 Å². The maximum atomic E-state index is 13.0. The molecule has 1 N–H and O–H groups in total. The zero-order chi connectivity index (χ0) is 18.8. The van der Waals surface area contributed by atoms with Crippen LogP contribution in [0, 0.1) is 12.8 Å². The number of benzene rings is 1. The second-order valence-corrected chi connectivity index (χ2v) is 8.45. The Morgan fingerprint density at radius 3 is 2.54 bits per heavy atom. The highest BCUT2D eigenvalue weighted by molar-refractivity contribution is 5.94. The Morgan fingerprint density at radius 1 is 1.00 bits per heavy atom. The van der Waals surface area contributed by atoms with Crippen molar-refractivity contribution in [2.24, 2.45) is 5.92 Å². The highest BCUT2D eigenvalue weighted by atomic mass is 35.5. The maximum absolute atomic E-state index is 13.0. The van der Waals surface area contributed by atoms with E-state index in [9.17, 15) is 9.59 Å². The Kier molecular flexibility index (Phi) is 7.00. The molecule has 6 heteroatoms. The van der Waals surface area contributed by atoms with Gasteiger partial charge in [-0.05, 0) is 50.7 Å². The lowest BCUT2D eigenvalue weighted by molar-refractivity contribution is -0.133. The van der Waals surface area contributed by atoms with Crippen LogP contribution in [-0.4, -0.2) is 59.9 Å². The topological polar surface area (TPSA) is 52.7 Å². The molecule has 0 bridgehead atoms. The summed E-state index contributed by atoms with van der Waals surface area (Å²) in [7, 11) is 0. The number of fused-ring (bicyclic) bond motifs is 1. The number of hydrogen-bond acceptors (Lipinski definition) is 3. The zero-order valence-corrected chi connectivity index (χ0v) is 17.5. The van der Waals surface area contributed by atoms with Crippen molar-refractivity contribution in [1.82, 2.24) is 15.1 Å². The fraction of sp³-hybridized carbons (Fsp3) is 0.636. The summed E-state index contributed by atoms with van der Waals surface area (Å²) >= 11 is 0. The van der Waals surface area contributed by atoms with Crippen LogP contribution < -0.4 is 5.32 Å². The minimum absolute atomic E-state index is 0. The van der Waals surface area contributed by atoms with Gasteiger partial charge in [-0.2, -0.15) is 0 Å². The summed E-state index contributed by atoms with van der Waals surface area (Å²) in [5.41, 5.74) is 1.84. The van der Waals surface area contributed by atoms with Gasteiger partial charge in [0.15, 0.2) is 0 Å². The first-order valence-electron chi connectivity index (χ1n) is 10.5. The highest BCUT2D eigenvalue weighted by Crippen LogP contribution is 2.33. The van der Waals surface area contributed by atoms with Gasteiger partial charge in [-0.1, -0.05) is 30.5 Å². The molecule has 1 aromatic carbocycles. The lowest BCUT2D eigenvalue weighted by atomic mass is 9.85. The number of nitrogens with zero attached hydrogens (tertiary/aromatic N) is 2. The molecule has 0 radical (unpaired) electrons. The second kappa shape index (κ2) is 9.27. The van der Waals surface area contributed by atoms with Gasteiger partial charge in [-0.25, -0.2) is 0 Å². The van der Waals surface area contributed by atoms with Crippen LogP contribution in [0.25, 0.3) is 0 Å². The summed E-state index contributed by atoms with van der Waals surface area (Å²) in [6, 6.07) is 8.29. The third-order valence-corrected chi connectivity index (χ3v) is 6.52. The van der Waals surface area contributed by atoms with Gasteiger partial charge in [0.1, 0.15) is 0 Å². The van der Waals surface area contributed by atoms with E-state index in [1.807, 2.05) is 41.0 Å². The summed E-state index contributed by atoms with van der Waals surface area (Å²) in [4.78, 5) is 29.8. The SMILES string of the molecule is Cc1cccc(C(=O)N2CCCN(C(=O)C3CC4CCCCC4N3)CC2)c1.Cl. The summed E-state index contributed by atoms with van der Waals surface area (Å²) in [6.07, 6.45) is 6.92. The second-order valence-electron chi connectivity index (χ2n) is 8.45. The van der Waals surface area contributed by atoms with E-state index in [1.54, 1.807) is 0 Å². The average molecular weight is 406 g/mol. The van der Waals surface area contributed by atoms with Crippen molar-refractivity contribution in [1.29, 1.82) is 0 Å². The Morgan fingerprint density at radius 2 is 1.75 bits per heavy atom. The molecule has 154 valence electrons. The quantitative estimate of drug-likeness (QED) is 0.822. The highest BCUT2D eigenvalue weighted by Gasteiger charge is 2.40. The molecule has 0 aromatic heterocycles. The van der Waals surface area contributed by atoms with Crippen LogP contribution >= 0.6 is 12.4 Å². The van der Waals surface area contributed by atoms with Crippen molar-refractivity contribution in [3.8, 4) is 0 Å². The Bertz CT molecular complexity index is 697. The first-order chi connectivity index (χ1) is 13.1. The number of carbonyl (C=O) groups is 2. The Hall–Kier alpha value is -1.59. The van der Waals surface area contributed by atoms with E-state index in [2.05, 4.69) is 5.32 Å². The molecule has 3 unspecified atom stereocenters. The van der Waals surface area contributed by atoms with Gasteiger partial charge < -0.3 is 15.1 Å². The minimum Gasteiger partial charge on any atom is -0.340 e. The van der Waals surface area contributed by atoms with Gasteiger partial charge in [0.25, 0.3) is 5.91 Å². The van der Waals surface area contributed by atoms with Crippen LogP contribution in [0.4, 0.5) is 0 Å². The molecule has 1 aliphatic carbocycles. The molecule has 2 heterocycles. The van der Waals surface area contributed by atoms with Crippen molar-refractivity contribution in [3.05, 3.63) is 35.4 Å². The van der Waals surface area contributed by atoms with Crippen LogP contribution in [0.1, 0.15) is 54.4 Å². The number of hydrogen-bond donors (Lipinski definition) is 1. The van der Waals surface area contributed by atoms with E-state index in [1.165, 1.54) is 25.7 Å². The molecule has 2 aliphatic heterocycles. The summed E-state index contributed by atoms with van der Waals surface area (Å²) < 4.78 is 0. The molecule has 1 saturated carbocycles. The number of nitrogens with one attached hydrogen (secondary N) is 1. The number of rotatable bonds is 2. The Labute approximate surface area is 174 Å². The molecule has 3 aliphatic rings. The van der Waals surface area contributed by atoms with Crippen molar-refractivity contribution >= 4 is 24.2 Å². The lowest BCUT2D eigenvalue weighted by Crippen LogP contribution is -2.46. The van der Waals surface area contributed by atoms with Crippen LogP contribution in [0.2, 0.25) is 0 Å². The number of aryl methyl sites for hydroxylation is 1. The number of amides is 2. The summed E-state index contributed by atoms with van der Waals surface area (Å²) in [6.45, 7) is 4.75. The van der Waals surface area contributed by atoms with E-state index in [4.69, 9.17) is 0 Å². The third kappa shape index (κ3) is 4.52. The molecule has 2 saturated heterocycles. The molecule has 1 aromatic rings. The molecule has 28 heavy (non-hydrogen) atoms. The predicted octanol–water partition coefficient (Wildman–Crippen LogP) is 3.01. The maximum Gasteiger partial charge on any atom is 0.253 e. The van der Waals surface area contributed by atoms with E-state index in [-0.39, 0.29) is 30.3 Å². The molecule has 0 spiro atoms. The minimum atomic E-state index is -0.0166. The standard InChI is InChI=1S/C22H31N3O2.ClH/c1-16-6-4-8-18(14-16)21(26)24-10-5-11-25(13-12-24)22(27)20-15-17-7-2-3-9-19(17)23-20;/h4,6,8,14,17,19-20,23H,2-3,5,7,9-13,15H2,1H3;1H.